The first-order valence-corrected chi connectivity index (χ1v) is 7.61. The van der Waals surface area contributed by atoms with Crippen LogP contribution in [0.5, 0.6) is 0 Å². The summed E-state index contributed by atoms with van der Waals surface area (Å²) in [6, 6.07) is 15.7. The zero-order valence-electron chi connectivity index (χ0n) is 13.1. The van der Waals surface area contributed by atoms with E-state index in [-0.39, 0.29) is 5.43 Å². The van der Waals surface area contributed by atoms with Crippen molar-refractivity contribution in [1.82, 2.24) is 9.97 Å². The molecule has 4 aromatic rings. The lowest BCUT2D eigenvalue weighted by molar-refractivity contribution is 1.33. The van der Waals surface area contributed by atoms with Crippen LogP contribution >= 0.6 is 0 Å². The zero-order chi connectivity index (χ0) is 16.0. The van der Waals surface area contributed by atoms with Gasteiger partial charge >= 0.3 is 0 Å². The number of nitrogens with one attached hydrogen (secondary N) is 1. The van der Waals surface area contributed by atoms with Gasteiger partial charge in [0.05, 0.1) is 11.0 Å². The van der Waals surface area contributed by atoms with Gasteiger partial charge in [-0.1, -0.05) is 29.3 Å². The molecule has 0 radical (unpaired) electrons. The second-order valence-corrected chi connectivity index (χ2v) is 5.99. The lowest BCUT2D eigenvalue weighted by atomic mass is 10.0. The van der Waals surface area contributed by atoms with Gasteiger partial charge in [-0.05, 0) is 43.7 Å². The molecule has 112 valence electrons. The number of hydrogen-bond acceptors (Lipinski definition) is 2. The number of pyridine rings is 2. The van der Waals surface area contributed by atoms with Crippen molar-refractivity contribution < 1.29 is 0 Å². The second kappa shape index (κ2) is 5.06. The molecule has 0 fully saturated rings. The highest BCUT2D eigenvalue weighted by molar-refractivity contribution is 6.03. The van der Waals surface area contributed by atoms with Crippen molar-refractivity contribution in [3.05, 3.63) is 76.1 Å². The van der Waals surface area contributed by atoms with Gasteiger partial charge < -0.3 is 4.98 Å². The fourth-order valence-corrected chi connectivity index (χ4v) is 3.14. The van der Waals surface area contributed by atoms with E-state index in [2.05, 4.69) is 42.0 Å². The van der Waals surface area contributed by atoms with Gasteiger partial charge in [0.1, 0.15) is 0 Å². The Morgan fingerprint density at radius 1 is 0.957 bits per heavy atom. The molecule has 0 aliphatic carbocycles. The summed E-state index contributed by atoms with van der Waals surface area (Å²) in [5, 5.41) is 1.69. The third-order valence-corrected chi connectivity index (χ3v) is 4.11. The summed E-state index contributed by atoms with van der Waals surface area (Å²) in [6.45, 7) is 4.12. The van der Waals surface area contributed by atoms with Crippen molar-refractivity contribution in [2.75, 3.05) is 0 Å². The number of aromatic amines is 1. The number of aryl methyl sites for hydroxylation is 2. The first-order valence-electron chi connectivity index (χ1n) is 7.61. The SMILES string of the molecule is Cc1cc(C)cc(-c2cc(=O)c3ccc4cccnc4c3[nH]2)c1. The molecule has 0 unspecified atom stereocenters. The van der Waals surface area contributed by atoms with Crippen LogP contribution in [0.2, 0.25) is 0 Å². The summed E-state index contributed by atoms with van der Waals surface area (Å²) in [6.07, 6.45) is 1.75. The molecular weight excluding hydrogens is 284 g/mol. The first kappa shape index (κ1) is 13.7. The largest absolute Gasteiger partial charge is 0.353 e. The molecular formula is C20H16N2O. The molecule has 1 N–H and O–H groups in total. The van der Waals surface area contributed by atoms with Crippen molar-refractivity contribution in [2.45, 2.75) is 13.8 Å². The number of fused-ring (bicyclic) bond motifs is 3. The molecule has 2 aromatic heterocycles. The molecule has 3 heteroatoms. The molecule has 4 rings (SSSR count). The summed E-state index contributed by atoms with van der Waals surface area (Å²) >= 11 is 0. The molecule has 3 nitrogen and oxygen atoms in total. The predicted molar refractivity (Wildman–Crippen MR) is 94.8 cm³/mol. The Balaban J connectivity index is 2.09. The third kappa shape index (κ3) is 2.30. The highest BCUT2D eigenvalue weighted by Crippen LogP contribution is 2.24. The van der Waals surface area contributed by atoms with Crippen LogP contribution < -0.4 is 5.43 Å². The van der Waals surface area contributed by atoms with E-state index in [1.807, 2.05) is 24.3 Å². The second-order valence-electron chi connectivity index (χ2n) is 5.99. The Hall–Kier alpha value is -2.94. The van der Waals surface area contributed by atoms with Crippen LogP contribution in [-0.2, 0) is 0 Å². The minimum Gasteiger partial charge on any atom is -0.353 e. The predicted octanol–water partition coefficient (Wildman–Crippen LogP) is 4.36. The van der Waals surface area contributed by atoms with E-state index < -0.39 is 0 Å². The van der Waals surface area contributed by atoms with Crippen LogP contribution in [0.25, 0.3) is 33.1 Å². The van der Waals surface area contributed by atoms with Gasteiger partial charge in [-0.3, -0.25) is 9.78 Å². The van der Waals surface area contributed by atoms with E-state index in [1.54, 1.807) is 12.3 Å². The molecule has 0 saturated carbocycles. The van der Waals surface area contributed by atoms with Gasteiger partial charge in [0.15, 0.2) is 5.43 Å². The Kier molecular flexibility index (Phi) is 3.01. The maximum Gasteiger partial charge on any atom is 0.190 e. The van der Waals surface area contributed by atoms with Gasteiger partial charge in [0.25, 0.3) is 0 Å². The highest BCUT2D eigenvalue weighted by atomic mass is 16.1. The lowest BCUT2D eigenvalue weighted by Crippen LogP contribution is -2.04. The van der Waals surface area contributed by atoms with E-state index in [0.29, 0.717) is 5.39 Å². The zero-order valence-corrected chi connectivity index (χ0v) is 13.1. The molecule has 0 saturated heterocycles. The molecule has 2 heterocycles. The van der Waals surface area contributed by atoms with Gasteiger partial charge in [-0.25, -0.2) is 0 Å². The van der Waals surface area contributed by atoms with E-state index in [4.69, 9.17) is 0 Å². The average molecular weight is 300 g/mol. The Morgan fingerprint density at radius 2 is 1.74 bits per heavy atom. The van der Waals surface area contributed by atoms with Gasteiger partial charge in [0, 0.05) is 28.7 Å². The fraction of sp³-hybridized carbons (Fsp3) is 0.100. The number of nitrogens with zero attached hydrogens (tertiary/aromatic N) is 1. The Labute approximate surface area is 133 Å². The molecule has 0 amide bonds. The molecule has 0 atom stereocenters. The van der Waals surface area contributed by atoms with Crippen molar-refractivity contribution in [3.8, 4) is 11.3 Å². The van der Waals surface area contributed by atoms with Gasteiger partial charge in [-0.2, -0.15) is 0 Å². The quantitative estimate of drug-likeness (QED) is 0.531. The van der Waals surface area contributed by atoms with Crippen LogP contribution in [0.15, 0.2) is 59.5 Å². The minimum atomic E-state index is 0.0143. The standard InChI is InChI=1S/C20H16N2O/c1-12-8-13(2)10-15(9-12)17-11-18(23)16-6-5-14-4-3-7-21-19(14)20(16)22-17/h3-11H,1-2H3,(H,22,23). The van der Waals surface area contributed by atoms with Crippen molar-refractivity contribution in [2.24, 2.45) is 0 Å². The van der Waals surface area contributed by atoms with E-state index in [1.165, 1.54) is 11.1 Å². The van der Waals surface area contributed by atoms with Crippen molar-refractivity contribution >= 4 is 21.8 Å². The van der Waals surface area contributed by atoms with E-state index in [0.717, 1.165) is 27.7 Å². The van der Waals surface area contributed by atoms with Crippen LogP contribution in [-0.4, -0.2) is 9.97 Å². The molecule has 0 aliphatic heterocycles. The third-order valence-electron chi connectivity index (χ3n) is 4.11. The molecule has 0 bridgehead atoms. The van der Waals surface area contributed by atoms with E-state index in [9.17, 15) is 4.79 Å². The fourth-order valence-electron chi connectivity index (χ4n) is 3.14. The summed E-state index contributed by atoms with van der Waals surface area (Å²) < 4.78 is 0. The number of benzene rings is 2. The molecule has 0 aliphatic rings. The van der Waals surface area contributed by atoms with Crippen LogP contribution in [0.1, 0.15) is 11.1 Å². The Morgan fingerprint density at radius 3 is 2.52 bits per heavy atom. The minimum absolute atomic E-state index is 0.0143. The number of H-pyrrole nitrogens is 1. The smallest absolute Gasteiger partial charge is 0.190 e. The Bertz CT molecular complexity index is 1090. The normalized spacial score (nSPS) is 11.2. The first-order chi connectivity index (χ1) is 11.1. The number of hydrogen-bond donors (Lipinski definition) is 1. The molecule has 2 aromatic carbocycles. The summed E-state index contributed by atoms with van der Waals surface area (Å²) in [5.74, 6) is 0. The van der Waals surface area contributed by atoms with Crippen LogP contribution in [0, 0.1) is 13.8 Å². The average Bonchev–Trinajstić information content (AvgIpc) is 2.53. The number of aromatic nitrogens is 2. The van der Waals surface area contributed by atoms with Gasteiger partial charge in [-0.15, -0.1) is 0 Å². The summed E-state index contributed by atoms with van der Waals surface area (Å²) in [5.41, 5.74) is 5.84. The van der Waals surface area contributed by atoms with Crippen molar-refractivity contribution in [3.63, 3.8) is 0 Å². The van der Waals surface area contributed by atoms with Gasteiger partial charge in [0.2, 0.25) is 0 Å². The van der Waals surface area contributed by atoms with E-state index >= 15 is 0 Å². The molecule has 23 heavy (non-hydrogen) atoms. The topological polar surface area (TPSA) is 45.8 Å². The highest BCUT2D eigenvalue weighted by Gasteiger charge is 2.08. The maximum atomic E-state index is 12.5. The maximum absolute atomic E-state index is 12.5. The lowest BCUT2D eigenvalue weighted by Gasteiger charge is -2.08. The number of rotatable bonds is 1. The molecule has 0 spiro atoms. The monoisotopic (exact) mass is 300 g/mol. The summed E-state index contributed by atoms with van der Waals surface area (Å²) in [4.78, 5) is 20.4. The van der Waals surface area contributed by atoms with Crippen LogP contribution in [0.3, 0.4) is 0 Å². The van der Waals surface area contributed by atoms with Crippen molar-refractivity contribution in [1.29, 1.82) is 0 Å². The summed E-state index contributed by atoms with van der Waals surface area (Å²) in [7, 11) is 0. The van der Waals surface area contributed by atoms with Crippen LogP contribution in [0.4, 0.5) is 0 Å².